The van der Waals surface area contributed by atoms with Gasteiger partial charge >= 0.3 is 0 Å². The first-order chi connectivity index (χ1) is 12.1. The molecule has 1 aliphatic heterocycles. The Morgan fingerprint density at radius 2 is 2.04 bits per heavy atom. The SMILES string of the molecule is CCC(=O)N1CCCC(c2cc(Cc3ccccc3C)cc(C)n2)C1. The predicted molar refractivity (Wildman–Crippen MR) is 102 cm³/mol. The quantitative estimate of drug-likeness (QED) is 0.829. The van der Waals surface area contributed by atoms with Gasteiger partial charge in [0.05, 0.1) is 0 Å². The van der Waals surface area contributed by atoms with E-state index in [0.29, 0.717) is 12.3 Å². The van der Waals surface area contributed by atoms with Gasteiger partial charge in [0.25, 0.3) is 0 Å². The number of rotatable bonds is 4. The molecule has 1 aromatic heterocycles. The summed E-state index contributed by atoms with van der Waals surface area (Å²) in [5, 5.41) is 0. The van der Waals surface area contributed by atoms with Gasteiger partial charge in [0.2, 0.25) is 5.91 Å². The van der Waals surface area contributed by atoms with Gasteiger partial charge in [0, 0.05) is 36.8 Å². The minimum Gasteiger partial charge on any atom is -0.342 e. The summed E-state index contributed by atoms with van der Waals surface area (Å²) in [5.74, 6) is 0.622. The number of amides is 1. The van der Waals surface area contributed by atoms with E-state index in [1.54, 1.807) is 0 Å². The molecule has 3 heteroatoms. The molecule has 0 radical (unpaired) electrons. The topological polar surface area (TPSA) is 33.2 Å². The zero-order valence-electron chi connectivity index (χ0n) is 15.6. The van der Waals surface area contributed by atoms with Gasteiger partial charge in [-0.2, -0.15) is 0 Å². The number of hydrogen-bond acceptors (Lipinski definition) is 2. The zero-order chi connectivity index (χ0) is 17.8. The van der Waals surface area contributed by atoms with Crippen LogP contribution in [0.1, 0.15) is 60.2 Å². The van der Waals surface area contributed by atoms with Crippen molar-refractivity contribution in [3.8, 4) is 0 Å². The fraction of sp³-hybridized carbons (Fsp3) is 0.455. The van der Waals surface area contributed by atoms with E-state index in [1.165, 1.54) is 16.7 Å². The Morgan fingerprint density at radius 1 is 1.24 bits per heavy atom. The first-order valence-corrected chi connectivity index (χ1v) is 9.36. The summed E-state index contributed by atoms with van der Waals surface area (Å²) >= 11 is 0. The third-order valence-corrected chi connectivity index (χ3v) is 5.18. The molecular weight excluding hydrogens is 308 g/mol. The molecule has 3 rings (SSSR count). The molecule has 1 aliphatic rings. The highest BCUT2D eigenvalue weighted by molar-refractivity contribution is 5.76. The lowest BCUT2D eigenvalue weighted by atomic mass is 9.91. The number of carbonyl (C=O) groups excluding carboxylic acids is 1. The standard InChI is InChI=1S/C22H28N2O/c1-4-22(25)24-11-7-10-20(15-24)21-14-18(12-17(3)23-21)13-19-9-6-5-8-16(19)2/h5-6,8-9,12,14,20H,4,7,10-11,13,15H2,1-3H3. The molecule has 1 aromatic carbocycles. The molecule has 3 nitrogen and oxygen atoms in total. The highest BCUT2D eigenvalue weighted by Gasteiger charge is 2.25. The van der Waals surface area contributed by atoms with Crippen LogP contribution in [0.5, 0.6) is 0 Å². The summed E-state index contributed by atoms with van der Waals surface area (Å²) in [6.45, 7) is 7.89. The fourth-order valence-electron chi connectivity index (χ4n) is 3.78. The monoisotopic (exact) mass is 336 g/mol. The Labute approximate surface area is 151 Å². The molecule has 0 bridgehead atoms. The third kappa shape index (κ3) is 4.28. The molecule has 132 valence electrons. The first-order valence-electron chi connectivity index (χ1n) is 9.36. The summed E-state index contributed by atoms with van der Waals surface area (Å²) in [4.78, 5) is 18.9. The Morgan fingerprint density at radius 3 is 2.80 bits per heavy atom. The van der Waals surface area contributed by atoms with Crippen LogP contribution in [0.2, 0.25) is 0 Å². The molecular formula is C22H28N2O. The van der Waals surface area contributed by atoms with E-state index in [9.17, 15) is 4.79 Å². The Bertz CT molecular complexity index is 753. The number of carbonyl (C=O) groups is 1. The van der Waals surface area contributed by atoms with E-state index in [1.807, 2.05) is 11.8 Å². The summed E-state index contributed by atoms with van der Waals surface area (Å²) in [6, 6.07) is 13.0. The van der Waals surface area contributed by atoms with Gasteiger partial charge in [-0.3, -0.25) is 9.78 Å². The number of benzene rings is 1. The normalized spacial score (nSPS) is 17.6. The van der Waals surface area contributed by atoms with Crippen LogP contribution in [-0.2, 0) is 11.2 Å². The average Bonchev–Trinajstić information content (AvgIpc) is 2.62. The summed E-state index contributed by atoms with van der Waals surface area (Å²) in [7, 11) is 0. The molecule has 1 unspecified atom stereocenters. The maximum absolute atomic E-state index is 12.1. The largest absolute Gasteiger partial charge is 0.342 e. The van der Waals surface area contributed by atoms with E-state index in [2.05, 4.69) is 50.2 Å². The van der Waals surface area contributed by atoms with Gasteiger partial charge in [-0.05, 0) is 61.9 Å². The smallest absolute Gasteiger partial charge is 0.222 e. The van der Waals surface area contributed by atoms with Crippen LogP contribution >= 0.6 is 0 Å². The van der Waals surface area contributed by atoms with Crippen LogP contribution in [0.3, 0.4) is 0 Å². The predicted octanol–water partition coefficient (Wildman–Crippen LogP) is 4.41. The molecule has 25 heavy (non-hydrogen) atoms. The van der Waals surface area contributed by atoms with E-state index in [0.717, 1.165) is 43.7 Å². The van der Waals surface area contributed by atoms with Crippen molar-refractivity contribution in [1.82, 2.24) is 9.88 Å². The lowest BCUT2D eigenvalue weighted by molar-refractivity contribution is -0.132. The molecule has 0 N–H and O–H groups in total. The van der Waals surface area contributed by atoms with Crippen molar-refractivity contribution in [2.75, 3.05) is 13.1 Å². The molecule has 1 amide bonds. The molecule has 1 saturated heterocycles. The van der Waals surface area contributed by atoms with E-state index < -0.39 is 0 Å². The Kier molecular flexibility index (Phi) is 5.52. The number of aromatic nitrogens is 1. The molecule has 1 fully saturated rings. The second kappa shape index (κ2) is 7.81. The van der Waals surface area contributed by atoms with Crippen molar-refractivity contribution in [1.29, 1.82) is 0 Å². The summed E-state index contributed by atoms with van der Waals surface area (Å²) < 4.78 is 0. The van der Waals surface area contributed by atoms with Crippen molar-refractivity contribution >= 4 is 5.91 Å². The van der Waals surface area contributed by atoms with Crippen LogP contribution in [-0.4, -0.2) is 28.9 Å². The second-order valence-corrected chi connectivity index (χ2v) is 7.18. The van der Waals surface area contributed by atoms with E-state index in [-0.39, 0.29) is 5.91 Å². The van der Waals surface area contributed by atoms with Gasteiger partial charge in [0.1, 0.15) is 0 Å². The minimum absolute atomic E-state index is 0.262. The van der Waals surface area contributed by atoms with Crippen LogP contribution in [0, 0.1) is 13.8 Å². The molecule has 2 heterocycles. The van der Waals surface area contributed by atoms with Crippen molar-refractivity contribution in [2.24, 2.45) is 0 Å². The molecule has 0 spiro atoms. The number of piperidine rings is 1. The lowest BCUT2D eigenvalue weighted by Crippen LogP contribution is -2.38. The highest BCUT2D eigenvalue weighted by atomic mass is 16.2. The van der Waals surface area contributed by atoms with Crippen LogP contribution in [0.25, 0.3) is 0 Å². The third-order valence-electron chi connectivity index (χ3n) is 5.18. The van der Waals surface area contributed by atoms with Gasteiger partial charge < -0.3 is 4.90 Å². The minimum atomic E-state index is 0.262. The van der Waals surface area contributed by atoms with Crippen molar-refractivity contribution in [3.63, 3.8) is 0 Å². The van der Waals surface area contributed by atoms with Gasteiger partial charge in [-0.15, -0.1) is 0 Å². The number of pyridine rings is 1. The number of hydrogen-bond donors (Lipinski definition) is 0. The van der Waals surface area contributed by atoms with Crippen LogP contribution in [0.4, 0.5) is 0 Å². The average molecular weight is 336 g/mol. The van der Waals surface area contributed by atoms with E-state index in [4.69, 9.17) is 4.98 Å². The zero-order valence-corrected chi connectivity index (χ0v) is 15.6. The van der Waals surface area contributed by atoms with Crippen LogP contribution < -0.4 is 0 Å². The molecule has 1 atom stereocenters. The summed E-state index contributed by atoms with van der Waals surface area (Å²) in [5.41, 5.74) is 6.23. The van der Waals surface area contributed by atoms with Crippen molar-refractivity contribution in [2.45, 2.75) is 52.4 Å². The van der Waals surface area contributed by atoms with Gasteiger partial charge in [-0.1, -0.05) is 31.2 Å². The first kappa shape index (κ1) is 17.7. The van der Waals surface area contributed by atoms with Crippen LogP contribution in [0.15, 0.2) is 36.4 Å². The Hall–Kier alpha value is -2.16. The van der Waals surface area contributed by atoms with Gasteiger partial charge in [-0.25, -0.2) is 0 Å². The maximum Gasteiger partial charge on any atom is 0.222 e. The fourth-order valence-corrected chi connectivity index (χ4v) is 3.78. The van der Waals surface area contributed by atoms with Crippen molar-refractivity contribution < 1.29 is 4.79 Å². The van der Waals surface area contributed by atoms with E-state index >= 15 is 0 Å². The number of aryl methyl sites for hydroxylation is 2. The molecule has 2 aromatic rings. The second-order valence-electron chi connectivity index (χ2n) is 7.18. The lowest BCUT2D eigenvalue weighted by Gasteiger charge is -2.32. The van der Waals surface area contributed by atoms with Crippen molar-refractivity contribution in [3.05, 3.63) is 64.5 Å². The number of nitrogens with zero attached hydrogens (tertiary/aromatic N) is 2. The highest BCUT2D eigenvalue weighted by Crippen LogP contribution is 2.27. The van der Waals surface area contributed by atoms with Gasteiger partial charge in [0.15, 0.2) is 0 Å². The molecule has 0 saturated carbocycles. The molecule has 0 aliphatic carbocycles. The number of likely N-dealkylation sites (tertiary alicyclic amines) is 1. The Balaban J connectivity index is 1.82. The maximum atomic E-state index is 12.1. The summed E-state index contributed by atoms with van der Waals surface area (Å²) in [6.07, 6.45) is 3.72.